The number of hydrogen-bond acceptors (Lipinski definition) is 3. The molecule has 0 saturated heterocycles. The summed E-state index contributed by atoms with van der Waals surface area (Å²) in [4.78, 5) is 16.1. The second-order valence-corrected chi connectivity index (χ2v) is 4.66. The third kappa shape index (κ3) is 2.68. The highest BCUT2D eigenvalue weighted by molar-refractivity contribution is 9.10. The highest BCUT2D eigenvalue weighted by atomic mass is 79.9. The zero-order valence-corrected chi connectivity index (χ0v) is 11.4. The van der Waals surface area contributed by atoms with Crippen LogP contribution in [0.4, 0.5) is 11.4 Å². The molecule has 1 aromatic heterocycles. The van der Waals surface area contributed by atoms with E-state index >= 15 is 0 Å². The molecular weight excluding hydrogens is 294 g/mol. The normalized spacial score (nSPS) is 10.1. The first-order valence-electron chi connectivity index (χ1n) is 5.36. The van der Waals surface area contributed by atoms with Crippen LogP contribution in [-0.2, 0) is 0 Å². The molecule has 1 aromatic carbocycles. The number of carbonyl (C=O) groups excluding carboxylic acids is 1. The average molecular weight is 306 g/mol. The molecule has 5 heteroatoms. The minimum Gasteiger partial charge on any atom is -0.398 e. The van der Waals surface area contributed by atoms with E-state index in [2.05, 4.69) is 26.2 Å². The molecule has 0 radical (unpaired) electrons. The topological polar surface area (TPSA) is 68.0 Å². The van der Waals surface area contributed by atoms with Crippen LogP contribution in [0.15, 0.2) is 41.1 Å². The number of aromatic nitrogens is 1. The Balaban J connectivity index is 2.22. The predicted octanol–water partition coefficient (Wildman–Crippen LogP) is 2.99. The summed E-state index contributed by atoms with van der Waals surface area (Å²) in [5.41, 5.74) is 8.37. The molecule has 92 valence electrons. The van der Waals surface area contributed by atoms with Crippen molar-refractivity contribution in [1.82, 2.24) is 4.98 Å². The fourth-order valence-electron chi connectivity index (χ4n) is 1.55. The van der Waals surface area contributed by atoms with Gasteiger partial charge in [0.1, 0.15) is 4.60 Å². The number of nitrogens with two attached hydrogens (primary N) is 1. The minimum absolute atomic E-state index is 0.191. The lowest BCUT2D eigenvalue weighted by Crippen LogP contribution is -2.14. The third-order valence-corrected chi connectivity index (χ3v) is 3.07. The Bertz CT molecular complexity index is 581. The minimum atomic E-state index is -0.191. The molecule has 2 rings (SSSR count). The molecule has 0 bridgehead atoms. The van der Waals surface area contributed by atoms with Gasteiger partial charge in [-0.1, -0.05) is 6.07 Å². The fraction of sp³-hybridized carbons (Fsp3) is 0.0769. The van der Waals surface area contributed by atoms with Gasteiger partial charge >= 0.3 is 0 Å². The van der Waals surface area contributed by atoms with Crippen LogP contribution in [0.5, 0.6) is 0 Å². The van der Waals surface area contributed by atoms with E-state index in [1.54, 1.807) is 36.5 Å². The third-order valence-electron chi connectivity index (χ3n) is 2.61. The second-order valence-electron chi connectivity index (χ2n) is 3.84. The van der Waals surface area contributed by atoms with Crippen molar-refractivity contribution < 1.29 is 4.79 Å². The summed E-state index contributed by atoms with van der Waals surface area (Å²) in [5.74, 6) is -0.191. The smallest absolute Gasteiger partial charge is 0.256 e. The van der Waals surface area contributed by atoms with E-state index < -0.39 is 0 Å². The summed E-state index contributed by atoms with van der Waals surface area (Å²) in [6.45, 7) is 1.82. The average Bonchev–Trinajstić information content (AvgIpc) is 2.35. The van der Waals surface area contributed by atoms with Gasteiger partial charge in [-0.05, 0) is 52.7 Å². The van der Waals surface area contributed by atoms with Crippen molar-refractivity contribution in [2.45, 2.75) is 6.92 Å². The number of nitrogens with zero attached hydrogens (tertiary/aromatic N) is 1. The Labute approximate surface area is 113 Å². The van der Waals surface area contributed by atoms with E-state index in [0.717, 1.165) is 10.2 Å². The Morgan fingerprint density at radius 2 is 2.11 bits per heavy atom. The summed E-state index contributed by atoms with van der Waals surface area (Å²) in [6.07, 6.45) is 1.59. The van der Waals surface area contributed by atoms with E-state index in [1.165, 1.54) is 0 Å². The van der Waals surface area contributed by atoms with Gasteiger partial charge in [0.2, 0.25) is 0 Å². The van der Waals surface area contributed by atoms with Crippen molar-refractivity contribution >= 4 is 33.2 Å². The van der Waals surface area contributed by atoms with Gasteiger partial charge in [0.15, 0.2) is 0 Å². The highest BCUT2D eigenvalue weighted by Gasteiger charge is 2.10. The molecule has 0 aliphatic rings. The molecule has 1 heterocycles. The number of rotatable bonds is 2. The molecule has 2 aromatic rings. The number of anilines is 2. The van der Waals surface area contributed by atoms with Gasteiger partial charge in [-0.3, -0.25) is 4.79 Å². The lowest BCUT2D eigenvalue weighted by atomic mass is 10.1. The Hall–Kier alpha value is -1.88. The maximum absolute atomic E-state index is 12.1. The molecule has 0 fully saturated rings. The molecule has 0 spiro atoms. The van der Waals surface area contributed by atoms with Crippen LogP contribution in [0.2, 0.25) is 0 Å². The van der Waals surface area contributed by atoms with Gasteiger partial charge in [-0.25, -0.2) is 4.98 Å². The number of carbonyl (C=O) groups is 1. The summed E-state index contributed by atoms with van der Waals surface area (Å²) < 4.78 is 0.723. The Morgan fingerprint density at radius 3 is 2.78 bits per heavy atom. The number of hydrogen-bond donors (Lipinski definition) is 2. The highest BCUT2D eigenvalue weighted by Crippen LogP contribution is 2.17. The Morgan fingerprint density at radius 1 is 1.33 bits per heavy atom. The number of benzene rings is 1. The van der Waals surface area contributed by atoms with Crippen molar-refractivity contribution in [3.63, 3.8) is 0 Å². The summed E-state index contributed by atoms with van der Waals surface area (Å²) in [7, 11) is 0. The van der Waals surface area contributed by atoms with Gasteiger partial charge < -0.3 is 11.1 Å². The quantitative estimate of drug-likeness (QED) is 0.662. The molecule has 18 heavy (non-hydrogen) atoms. The van der Waals surface area contributed by atoms with E-state index in [1.807, 2.05) is 6.92 Å². The standard InChI is InChI=1S/C13H12BrN3O/c1-8-10(3-2-4-11(8)15)13(18)17-9-5-6-12(14)16-7-9/h2-7H,15H2,1H3,(H,17,18). The van der Waals surface area contributed by atoms with E-state index in [0.29, 0.717) is 16.9 Å². The van der Waals surface area contributed by atoms with Crippen molar-refractivity contribution in [3.05, 3.63) is 52.3 Å². The summed E-state index contributed by atoms with van der Waals surface area (Å²) in [5, 5.41) is 2.78. The van der Waals surface area contributed by atoms with Gasteiger partial charge in [-0.2, -0.15) is 0 Å². The number of halogens is 1. The van der Waals surface area contributed by atoms with Gasteiger partial charge in [0.05, 0.1) is 11.9 Å². The lowest BCUT2D eigenvalue weighted by molar-refractivity contribution is 0.102. The number of pyridine rings is 1. The van der Waals surface area contributed by atoms with E-state index in [-0.39, 0.29) is 5.91 Å². The predicted molar refractivity (Wildman–Crippen MR) is 75.5 cm³/mol. The van der Waals surface area contributed by atoms with Crippen LogP contribution in [-0.4, -0.2) is 10.9 Å². The van der Waals surface area contributed by atoms with E-state index in [9.17, 15) is 4.79 Å². The zero-order chi connectivity index (χ0) is 13.1. The lowest BCUT2D eigenvalue weighted by Gasteiger charge is -2.09. The zero-order valence-electron chi connectivity index (χ0n) is 9.77. The Kier molecular flexibility index (Phi) is 3.62. The molecule has 1 amide bonds. The maximum atomic E-state index is 12.1. The van der Waals surface area contributed by atoms with Gasteiger partial charge in [0, 0.05) is 11.3 Å². The van der Waals surface area contributed by atoms with Crippen molar-refractivity contribution in [3.8, 4) is 0 Å². The molecular formula is C13H12BrN3O. The molecule has 0 aliphatic heterocycles. The molecule has 0 atom stereocenters. The maximum Gasteiger partial charge on any atom is 0.256 e. The summed E-state index contributed by atoms with van der Waals surface area (Å²) in [6, 6.07) is 8.82. The van der Waals surface area contributed by atoms with E-state index in [4.69, 9.17) is 5.73 Å². The van der Waals surface area contributed by atoms with Crippen LogP contribution in [0.25, 0.3) is 0 Å². The van der Waals surface area contributed by atoms with Gasteiger partial charge in [-0.15, -0.1) is 0 Å². The number of nitrogens with one attached hydrogen (secondary N) is 1. The van der Waals surface area contributed by atoms with Crippen LogP contribution in [0, 0.1) is 6.92 Å². The fourth-order valence-corrected chi connectivity index (χ4v) is 1.78. The van der Waals surface area contributed by atoms with Crippen LogP contribution in [0.1, 0.15) is 15.9 Å². The van der Waals surface area contributed by atoms with Crippen molar-refractivity contribution in [2.75, 3.05) is 11.1 Å². The van der Waals surface area contributed by atoms with Gasteiger partial charge in [0.25, 0.3) is 5.91 Å². The SMILES string of the molecule is Cc1c(N)cccc1C(=O)Nc1ccc(Br)nc1. The molecule has 3 N–H and O–H groups in total. The van der Waals surface area contributed by atoms with Crippen molar-refractivity contribution in [2.24, 2.45) is 0 Å². The molecule has 0 aliphatic carbocycles. The van der Waals surface area contributed by atoms with Crippen LogP contribution in [0.3, 0.4) is 0 Å². The second kappa shape index (κ2) is 5.18. The number of nitrogen functional groups attached to an aromatic ring is 1. The molecule has 4 nitrogen and oxygen atoms in total. The van der Waals surface area contributed by atoms with Crippen LogP contribution < -0.4 is 11.1 Å². The number of amides is 1. The monoisotopic (exact) mass is 305 g/mol. The molecule has 0 saturated carbocycles. The van der Waals surface area contributed by atoms with Crippen molar-refractivity contribution in [1.29, 1.82) is 0 Å². The first-order valence-corrected chi connectivity index (χ1v) is 6.15. The summed E-state index contributed by atoms with van der Waals surface area (Å²) >= 11 is 3.24. The first-order chi connectivity index (χ1) is 8.58. The molecule has 0 unspecified atom stereocenters. The first kappa shape index (κ1) is 12.6. The largest absolute Gasteiger partial charge is 0.398 e. The van der Waals surface area contributed by atoms with Crippen LogP contribution >= 0.6 is 15.9 Å².